The van der Waals surface area contributed by atoms with E-state index in [4.69, 9.17) is 6.57 Å². The minimum atomic E-state index is -3.66. The topological polar surface area (TPSA) is 38.5 Å². The Kier molecular flexibility index (Phi) is 5.87. The first-order chi connectivity index (χ1) is 12.3. The molecule has 0 N–H and O–H groups in total. The summed E-state index contributed by atoms with van der Waals surface area (Å²) in [6, 6.07) is 15.0. The summed E-state index contributed by atoms with van der Waals surface area (Å²) in [4.78, 5) is 3.53. The highest BCUT2D eigenvalue weighted by Crippen LogP contribution is 2.35. The highest BCUT2D eigenvalue weighted by molar-refractivity contribution is 7.91. The third-order valence-electron chi connectivity index (χ3n) is 4.64. The first kappa shape index (κ1) is 21.2. The molecule has 0 heterocycles. The van der Waals surface area contributed by atoms with Gasteiger partial charge in [0.2, 0.25) is 9.84 Å². The second kappa shape index (κ2) is 7.48. The summed E-state index contributed by atoms with van der Waals surface area (Å²) in [5.74, 6) is -0.133. The van der Waals surface area contributed by atoms with Gasteiger partial charge in [-0.1, -0.05) is 77.9 Å². The summed E-state index contributed by atoms with van der Waals surface area (Å²) < 4.78 is 26.1. The fraction of sp³-hybridized carbons (Fsp3) is 0.435. The Balaban J connectivity index is 2.57. The van der Waals surface area contributed by atoms with Crippen LogP contribution in [0.3, 0.4) is 0 Å². The SMILES string of the molecule is [C-]#[N+]C(c1cc(C(C)(C)C)cc(C(C)(C)C)c1)S(=O)(=O)Cc1ccccc1. The second-order valence-corrected chi connectivity index (χ2v) is 11.2. The van der Waals surface area contributed by atoms with Crippen LogP contribution in [0.5, 0.6) is 0 Å². The predicted octanol–water partition coefficient (Wildman–Crippen LogP) is 5.81. The molecule has 0 saturated carbocycles. The normalized spacial score (nSPS) is 13.8. The molecule has 1 unspecified atom stereocenters. The van der Waals surface area contributed by atoms with E-state index in [-0.39, 0.29) is 16.6 Å². The standard InChI is InChI=1S/C23H29NO2S/c1-22(2,3)19-13-18(14-20(15-19)23(4,5)6)21(24-7)27(25,26)16-17-11-9-8-10-12-17/h8-15,21H,16H2,1-6H3. The van der Waals surface area contributed by atoms with Crippen molar-refractivity contribution in [2.75, 3.05) is 0 Å². The van der Waals surface area contributed by atoms with Crippen LogP contribution < -0.4 is 0 Å². The fourth-order valence-electron chi connectivity index (χ4n) is 2.91. The van der Waals surface area contributed by atoms with Crippen molar-refractivity contribution in [1.82, 2.24) is 0 Å². The Labute approximate surface area is 164 Å². The van der Waals surface area contributed by atoms with E-state index in [9.17, 15) is 8.42 Å². The lowest BCUT2D eigenvalue weighted by atomic mass is 9.79. The molecule has 0 bridgehead atoms. The zero-order valence-corrected chi connectivity index (χ0v) is 17.9. The number of benzene rings is 2. The van der Waals surface area contributed by atoms with Crippen LogP contribution in [0.4, 0.5) is 0 Å². The van der Waals surface area contributed by atoms with Gasteiger partial charge >= 0.3 is 5.37 Å². The lowest BCUT2D eigenvalue weighted by Crippen LogP contribution is -2.19. The first-order valence-electron chi connectivity index (χ1n) is 9.12. The van der Waals surface area contributed by atoms with Crippen LogP contribution in [-0.2, 0) is 26.4 Å². The third-order valence-corrected chi connectivity index (χ3v) is 6.43. The van der Waals surface area contributed by atoms with Gasteiger partial charge in [-0.25, -0.2) is 15.0 Å². The summed E-state index contributed by atoms with van der Waals surface area (Å²) in [6.07, 6.45) is 0. The molecule has 2 rings (SSSR count). The molecular weight excluding hydrogens is 354 g/mol. The number of rotatable bonds is 4. The van der Waals surface area contributed by atoms with E-state index in [2.05, 4.69) is 52.5 Å². The van der Waals surface area contributed by atoms with E-state index in [1.165, 1.54) is 0 Å². The van der Waals surface area contributed by atoms with E-state index < -0.39 is 15.2 Å². The molecule has 0 saturated heterocycles. The van der Waals surface area contributed by atoms with E-state index in [1.807, 2.05) is 30.3 Å². The van der Waals surface area contributed by atoms with Gasteiger partial charge in [-0.15, -0.1) is 0 Å². The molecule has 3 nitrogen and oxygen atoms in total. The number of nitrogens with zero attached hydrogens (tertiary/aromatic N) is 1. The molecule has 0 aliphatic heterocycles. The van der Waals surface area contributed by atoms with Gasteiger partial charge in [0.25, 0.3) is 0 Å². The predicted molar refractivity (Wildman–Crippen MR) is 112 cm³/mol. The maximum atomic E-state index is 13.0. The monoisotopic (exact) mass is 383 g/mol. The fourth-order valence-corrected chi connectivity index (χ4v) is 4.43. The highest BCUT2D eigenvalue weighted by atomic mass is 32.2. The van der Waals surface area contributed by atoms with Crippen molar-refractivity contribution in [2.45, 2.75) is 63.5 Å². The van der Waals surface area contributed by atoms with Crippen LogP contribution in [0.1, 0.15) is 69.2 Å². The van der Waals surface area contributed by atoms with E-state index >= 15 is 0 Å². The van der Waals surface area contributed by atoms with Crippen molar-refractivity contribution in [3.8, 4) is 0 Å². The van der Waals surface area contributed by atoms with E-state index in [1.54, 1.807) is 12.1 Å². The summed E-state index contributed by atoms with van der Waals surface area (Å²) >= 11 is 0. The van der Waals surface area contributed by atoms with Gasteiger partial charge in [-0.3, -0.25) is 4.85 Å². The average molecular weight is 384 g/mol. The lowest BCUT2D eigenvalue weighted by Gasteiger charge is -2.26. The van der Waals surface area contributed by atoms with Crippen LogP contribution in [0, 0.1) is 6.57 Å². The molecule has 144 valence electrons. The molecule has 0 fully saturated rings. The van der Waals surface area contributed by atoms with Crippen molar-refractivity contribution in [3.63, 3.8) is 0 Å². The minimum absolute atomic E-state index is 0.133. The van der Waals surface area contributed by atoms with Crippen molar-refractivity contribution in [3.05, 3.63) is 82.2 Å². The summed E-state index contributed by atoms with van der Waals surface area (Å²) in [6.45, 7) is 20.2. The molecular formula is C23H29NO2S. The molecule has 2 aromatic carbocycles. The van der Waals surface area contributed by atoms with Gasteiger partial charge in [0.1, 0.15) is 0 Å². The molecule has 0 radical (unpaired) electrons. The molecule has 1 atom stereocenters. The maximum absolute atomic E-state index is 13.0. The Morgan fingerprint density at radius 3 is 1.78 bits per heavy atom. The smallest absolute Gasteiger partial charge is 0.291 e. The van der Waals surface area contributed by atoms with Crippen LogP contribution >= 0.6 is 0 Å². The summed E-state index contributed by atoms with van der Waals surface area (Å²) in [5.41, 5.74) is 3.10. The number of hydrogen-bond acceptors (Lipinski definition) is 2. The zero-order valence-electron chi connectivity index (χ0n) is 17.1. The Bertz CT molecular complexity index is 908. The summed E-state index contributed by atoms with van der Waals surface area (Å²) in [5, 5.41) is -1.19. The van der Waals surface area contributed by atoms with Gasteiger partial charge in [-0.05, 0) is 39.7 Å². The van der Waals surface area contributed by atoms with Crippen LogP contribution in [0.2, 0.25) is 0 Å². The Morgan fingerprint density at radius 2 is 1.37 bits per heavy atom. The van der Waals surface area contributed by atoms with Gasteiger partial charge in [0, 0.05) is 0 Å². The average Bonchev–Trinajstić information content (AvgIpc) is 2.53. The number of sulfone groups is 1. The second-order valence-electron chi connectivity index (χ2n) is 9.12. The van der Waals surface area contributed by atoms with Crippen molar-refractivity contribution in [2.24, 2.45) is 0 Å². The number of hydrogen-bond donors (Lipinski definition) is 0. The molecule has 4 heteroatoms. The van der Waals surface area contributed by atoms with Gasteiger partial charge in [0.05, 0.1) is 11.3 Å². The molecule has 0 spiro atoms. The van der Waals surface area contributed by atoms with Gasteiger partial charge < -0.3 is 0 Å². The van der Waals surface area contributed by atoms with Crippen LogP contribution in [0.25, 0.3) is 4.85 Å². The quantitative estimate of drug-likeness (QED) is 0.625. The molecule has 2 aromatic rings. The molecule has 0 aliphatic rings. The minimum Gasteiger partial charge on any atom is -0.291 e. The Hall–Kier alpha value is -2.12. The highest BCUT2D eigenvalue weighted by Gasteiger charge is 2.35. The molecule has 0 amide bonds. The molecule has 27 heavy (non-hydrogen) atoms. The van der Waals surface area contributed by atoms with Crippen molar-refractivity contribution >= 4 is 9.84 Å². The lowest BCUT2D eigenvalue weighted by molar-refractivity contribution is 0.565. The van der Waals surface area contributed by atoms with E-state index in [0.29, 0.717) is 11.1 Å². The van der Waals surface area contributed by atoms with Gasteiger partial charge in [-0.2, -0.15) is 0 Å². The zero-order chi connectivity index (χ0) is 20.5. The first-order valence-corrected chi connectivity index (χ1v) is 10.8. The molecule has 0 aromatic heterocycles. The van der Waals surface area contributed by atoms with Crippen molar-refractivity contribution < 1.29 is 8.42 Å². The van der Waals surface area contributed by atoms with Crippen molar-refractivity contribution in [1.29, 1.82) is 0 Å². The Morgan fingerprint density at radius 1 is 0.889 bits per heavy atom. The third kappa shape index (κ3) is 5.20. The van der Waals surface area contributed by atoms with Crippen LogP contribution in [-0.4, -0.2) is 8.42 Å². The van der Waals surface area contributed by atoms with Gasteiger partial charge in [0.15, 0.2) is 0 Å². The summed E-state index contributed by atoms with van der Waals surface area (Å²) in [7, 11) is -3.66. The van der Waals surface area contributed by atoms with Crippen LogP contribution in [0.15, 0.2) is 48.5 Å². The molecule has 0 aliphatic carbocycles. The largest absolute Gasteiger partial charge is 0.346 e. The maximum Gasteiger partial charge on any atom is 0.346 e. The van der Waals surface area contributed by atoms with E-state index in [0.717, 1.165) is 11.1 Å².